The molecule has 0 saturated heterocycles. The molecule has 0 bridgehead atoms. The summed E-state index contributed by atoms with van der Waals surface area (Å²) >= 11 is 11.8. The third-order valence-electron chi connectivity index (χ3n) is 3.34. The van der Waals surface area contributed by atoms with Gasteiger partial charge in [0.05, 0.1) is 16.1 Å². The summed E-state index contributed by atoms with van der Waals surface area (Å²) in [4.78, 5) is 4.49. The van der Waals surface area contributed by atoms with E-state index < -0.39 is 5.82 Å². The van der Waals surface area contributed by atoms with Crippen molar-refractivity contribution in [3.63, 3.8) is 0 Å². The van der Waals surface area contributed by atoms with Crippen molar-refractivity contribution >= 4 is 34.2 Å². The van der Waals surface area contributed by atoms with Crippen LogP contribution in [0.1, 0.15) is 11.4 Å². The molecule has 0 aliphatic heterocycles. The van der Waals surface area contributed by atoms with Crippen LogP contribution in [0, 0.1) is 12.7 Å². The fraction of sp³-hybridized carbons (Fsp3) is 0.188. The summed E-state index contributed by atoms with van der Waals surface area (Å²) in [6, 6.07) is 11.0. The van der Waals surface area contributed by atoms with Gasteiger partial charge in [0.15, 0.2) is 0 Å². The molecule has 0 spiro atoms. The Balaban J connectivity index is 2.32. The molecule has 0 atom stereocenters. The van der Waals surface area contributed by atoms with E-state index in [1.807, 2.05) is 29.7 Å². The molecule has 2 nitrogen and oxygen atoms in total. The maximum absolute atomic E-state index is 13.6. The number of fused-ring (bicyclic) bond motifs is 1. The van der Waals surface area contributed by atoms with Crippen LogP contribution < -0.4 is 0 Å². The van der Waals surface area contributed by atoms with E-state index in [1.165, 1.54) is 6.07 Å². The van der Waals surface area contributed by atoms with Gasteiger partial charge in [-0.1, -0.05) is 23.7 Å². The molecule has 3 rings (SSSR count). The Morgan fingerprint density at radius 2 is 2.05 bits per heavy atom. The van der Waals surface area contributed by atoms with Gasteiger partial charge in [-0.05, 0) is 30.7 Å². The number of nitrogens with zero attached hydrogens (tertiary/aromatic N) is 2. The molecule has 0 aliphatic carbocycles. The lowest BCUT2D eigenvalue weighted by atomic mass is 10.2. The number of halogens is 3. The van der Waals surface area contributed by atoms with Crippen molar-refractivity contribution in [1.82, 2.24) is 9.55 Å². The maximum atomic E-state index is 13.6. The van der Waals surface area contributed by atoms with Gasteiger partial charge in [0.25, 0.3) is 0 Å². The zero-order valence-electron chi connectivity index (χ0n) is 11.4. The number of aryl methyl sites for hydroxylation is 2. The highest BCUT2D eigenvalue weighted by molar-refractivity contribution is 6.31. The van der Waals surface area contributed by atoms with Crippen LogP contribution in [0.25, 0.3) is 16.7 Å². The first-order valence-corrected chi connectivity index (χ1v) is 7.51. The number of benzene rings is 2. The fourth-order valence-electron chi connectivity index (χ4n) is 2.43. The zero-order chi connectivity index (χ0) is 15.0. The quantitative estimate of drug-likeness (QED) is 0.626. The Bertz CT molecular complexity index is 811. The van der Waals surface area contributed by atoms with E-state index in [9.17, 15) is 4.39 Å². The summed E-state index contributed by atoms with van der Waals surface area (Å²) in [7, 11) is 0. The minimum atomic E-state index is -0.463. The van der Waals surface area contributed by atoms with Crippen LogP contribution in [0.2, 0.25) is 5.02 Å². The van der Waals surface area contributed by atoms with E-state index in [2.05, 4.69) is 11.1 Å². The Labute approximate surface area is 132 Å². The topological polar surface area (TPSA) is 17.8 Å². The Kier molecular flexibility index (Phi) is 3.87. The van der Waals surface area contributed by atoms with Crippen molar-refractivity contribution in [1.29, 1.82) is 0 Å². The average Bonchev–Trinajstić information content (AvgIpc) is 2.77. The standard InChI is InChI=1S/C16H13Cl2FN2/c1-10-3-2-4-11(7-10)21-15-8-12(18)13(19)9-14(15)20-16(21)5-6-17/h2-4,7-9H,5-6H2,1H3. The van der Waals surface area contributed by atoms with Crippen molar-refractivity contribution in [3.8, 4) is 5.69 Å². The van der Waals surface area contributed by atoms with Gasteiger partial charge in [-0.25, -0.2) is 9.37 Å². The van der Waals surface area contributed by atoms with Crippen molar-refractivity contribution in [2.24, 2.45) is 0 Å². The summed E-state index contributed by atoms with van der Waals surface area (Å²) in [6.45, 7) is 2.02. The molecular formula is C16H13Cl2FN2. The SMILES string of the molecule is Cc1cccc(-n2c(CCCl)nc3cc(F)c(Cl)cc32)c1. The Morgan fingerprint density at radius 1 is 1.24 bits per heavy atom. The summed E-state index contributed by atoms with van der Waals surface area (Å²) in [5.74, 6) is 0.786. The summed E-state index contributed by atoms with van der Waals surface area (Å²) in [5.41, 5.74) is 3.48. The Morgan fingerprint density at radius 3 is 2.76 bits per heavy atom. The van der Waals surface area contributed by atoms with Crippen LogP contribution in [0.5, 0.6) is 0 Å². The number of alkyl halides is 1. The first-order chi connectivity index (χ1) is 10.1. The van der Waals surface area contributed by atoms with E-state index in [4.69, 9.17) is 23.2 Å². The molecular weight excluding hydrogens is 310 g/mol. The number of imidazole rings is 1. The molecule has 0 unspecified atom stereocenters. The lowest BCUT2D eigenvalue weighted by Gasteiger charge is -2.09. The van der Waals surface area contributed by atoms with Gasteiger partial charge >= 0.3 is 0 Å². The molecule has 108 valence electrons. The van der Waals surface area contributed by atoms with Crippen LogP contribution in [0.3, 0.4) is 0 Å². The van der Waals surface area contributed by atoms with Crippen LogP contribution in [-0.4, -0.2) is 15.4 Å². The van der Waals surface area contributed by atoms with E-state index in [0.29, 0.717) is 17.8 Å². The predicted molar refractivity (Wildman–Crippen MR) is 85.2 cm³/mol. The third kappa shape index (κ3) is 2.63. The summed E-state index contributed by atoms with van der Waals surface area (Å²) in [6.07, 6.45) is 0.601. The summed E-state index contributed by atoms with van der Waals surface area (Å²) in [5, 5.41) is 0.0914. The number of rotatable bonds is 3. The summed E-state index contributed by atoms with van der Waals surface area (Å²) < 4.78 is 15.6. The second kappa shape index (κ2) is 5.66. The highest BCUT2D eigenvalue weighted by atomic mass is 35.5. The van der Waals surface area contributed by atoms with Gasteiger partial charge in [0, 0.05) is 24.1 Å². The van der Waals surface area contributed by atoms with Crippen LogP contribution in [-0.2, 0) is 6.42 Å². The lowest BCUT2D eigenvalue weighted by molar-refractivity contribution is 0.630. The van der Waals surface area contributed by atoms with Crippen molar-refractivity contribution in [2.75, 3.05) is 5.88 Å². The minimum absolute atomic E-state index is 0.0914. The van der Waals surface area contributed by atoms with E-state index >= 15 is 0 Å². The minimum Gasteiger partial charge on any atom is -0.296 e. The highest BCUT2D eigenvalue weighted by Crippen LogP contribution is 2.27. The van der Waals surface area contributed by atoms with E-state index in [0.717, 1.165) is 22.6 Å². The van der Waals surface area contributed by atoms with Gasteiger partial charge in [-0.2, -0.15) is 0 Å². The largest absolute Gasteiger partial charge is 0.296 e. The lowest BCUT2D eigenvalue weighted by Crippen LogP contribution is -2.02. The molecule has 1 heterocycles. The van der Waals surface area contributed by atoms with Gasteiger partial charge in [-0.3, -0.25) is 4.57 Å². The first-order valence-electron chi connectivity index (χ1n) is 6.59. The van der Waals surface area contributed by atoms with Gasteiger partial charge in [0.1, 0.15) is 11.6 Å². The third-order valence-corrected chi connectivity index (χ3v) is 3.82. The van der Waals surface area contributed by atoms with Gasteiger partial charge < -0.3 is 0 Å². The predicted octanol–water partition coefficient (Wildman–Crippen LogP) is 4.91. The maximum Gasteiger partial charge on any atom is 0.144 e. The molecule has 0 saturated carbocycles. The van der Waals surface area contributed by atoms with Crippen LogP contribution in [0.15, 0.2) is 36.4 Å². The smallest absolute Gasteiger partial charge is 0.144 e. The molecule has 0 radical (unpaired) electrons. The second-order valence-electron chi connectivity index (χ2n) is 4.90. The van der Waals surface area contributed by atoms with Gasteiger partial charge in [0.2, 0.25) is 0 Å². The average molecular weight is 323 g/mol. The van der Waals surface area contributed by atoms with Crippen molar-refractivity contribution < 1.29 is 4.39 Å². The normalized spacial score (nSPS) is 11.2. The fourth-order valence-corrected chi connectivity index (χ4v) is 2.76. The van der Waals surface area contributed by atoms with Crippen molar-refractivity contribution in [2.45, 2.75) is 13.3 Å². The molecule has 2 aromatic carbocycles. The number of hydrogen-bond donors (Lipinski definition) is 0. The highest BCUT2D eigenvalue weighted by Gasteiger charge is 2.14. The molecule has 3 aromatic rings. The number of hydrogen-bond acceptors (Lipinski definition) is 1. The van der Waals surface area contributed by atoms with Crippen molar-refractivity contribution in [3.05, 3.63) is 58.6 Å². The molecule has 0 fully saturated rings. The number of aromatic nitrogens is 2. The van der Waals surface area contributed by atoms with Gasteiger partial charge in [-0.15, -0.1) is 11.6 Å². The monoisotopic (exact) mass is 322 g/mol. The molecule has 1 aromatic heterocycles. The molecule has 0 aliphatic rings. The van der Waals surface area contributed by atoms with E-state index in [1.54, 1.807) is 6.07 Å². The zero-order valence-corrected chi connectivity index (χ0v) is 12.9. The Hall–Kier alpha value is -1.58. The van der Waals surface area contributed by atoms with E-state index in [-0.39, 0.29) is 5.02 Å². The van der Waals surface area contributed by atoms with Crippen LogP contribution >= 0.6 is 23.2 Å². The molecule has 5 heteroatoms. The molecule has 21 heavy (non-hydrogen) atoms. The molecule has 0 amide bonds. The second-order valence-corrected chi connectivity index (χ2v) is 5.68. The first kappa shape index (κ1) is 14.4. The molecule has 0 N–H and O–H groups in total. The van der Waals surface area contributed by atoms with Crippen LogP contribution in [0.4, 0.5) is 4.39 Å².